The number of carbonyl (C=O) groups excluding carboxylic acids is 2. The molecule has 2 atom stereocenters. The molecule has 1 aliphatic rings. The van der Waals surface area contributed by atoms with Crippen molar-refractivity contribution in [3.05, 3.63) is 77.4 Å². The maximum absolute atomic E-state index is 13.3. The van der Waals surface area contributed by atoms with E-state index in [1.54, 1.807) is 54.6 Å². The quantitative estimate of drug-likeness (QED) is 0.359. The van der Waals surface area contributed by atoms with Crippen LogP contribution in [0.25, 0.3) is 0 Å². The fourth-order valence-electron chi connectivity index (χ4n) is 3.99. The van der Waals surface area contributed by atoms with Crippen molar-refractivity contribution >= 4 is 29.2 Å². The first-order valence-corrected chi connectivity index (χ1v) is 11.6. The molecule has 0 saturated carbocycles. The zero-order valence-corrected chi connectivity index (χ0v) is 20.4. The number of benzene rings is 2. The molecule has 1 heterocycles. The molecule has 2 amide bonds. The molecule has 39 heavy (non-hydrogen) atoms. The van der Waals surface area contributed by atoms with Gasteiger partial charge in [0.25, 0.3) is 5.91 Å². The van der Waals surface area contributed by atoms with Crippen LogP contribution >= 0.6 is 0 Å². The average Bonchev–Trinajstić information content (AvgIpc) is 2.95. The Balaban J connectivity index is 2.05. The molecule has 0 spiro atoms. The largest absolute Gasteiger partial charge is 0.481 e. The number of fused-ring (bicyclic) bond motifs is 1. The highest BCUT2D eigenvalue weighted by molar-refractivity contribution is 6.20. The van der Waals surface area contributed by atoms with Crippen LogP contribution in [-0.4, -0.2) is 54.2 Å². The van der Waals surface area contributed by atoms with Gasteiger partial charge in [-0.05, 0) is 12.5 Å². The van der Waals surface area contributed by atoms with Gasteiger partial charge in [-0.3, -0.25) is 14.4 Å². The van der Waals surface area contributed by atoms with Crippen molar-refractivity contribution in [3.63, 3.8) is 0 Å². The van der Waals surface area contributed by atoms with Gasteiger partial charge in [-0.2, -0.15) is 26.3 Å². The Kier molecular flexibility index (Phi) is 8.82. The SMILES string of the molecule is CN1C(=O)[C@@H](NC(=O)/C(=C\CC(F)(F)F)[C@H](CCC(F)(F)F)C(=O)O)N=C(c2ccccc2)c2ccccc21. The van der Waals surface area contributed by atoms with E-state index in [0.29, 0.717) is 16.8 Å². The lowest BCUT2D eigenvalue weighted by molar-refractivity contribution is -0.148. The Morgan fingerprint density at radius 2 is 1.64 bits per heavy atom. The molecule has 3 rings (SSSR count). The molecule has 0 aliphatic carbocycles. The standard InChI is InChI=1S/C26H23F6N3O4/c1-35-19-10-6-5-9-18(19)20(15-7-3-2-4-8-15)33-21(23(35)37)34-22(36)16(11-13-25(27,28)29)17(24(38)39)12-14-26(30,31)32/h2-11,17,21H,12-14H2,1H3,(H,34,36)(H,38,39)/b16-11-/t17-,21+/m0/s1. The Morgan fingerprint density at radius 3 is 2.23 bits per heavy atom. The minimum absolute atomic E-state index is 0.228. The number of nitrogens with one attached hydrogen (secondary N) is 1. The van der Waals surface area contributed by atoms with Crippen molar-refractivity contribution in [3.8, 4) is 0 Å². The molecule has 7 nitrogen and oxygen atoms in total. The van der Waals surface area contributed by atoms with Gasteiger partial charge in [-0.25, -0.2) is 4.99 Å². The summed E-state index contributed by atoms with van der Waals surface area (Å²) in [5, 5.41) is 11.6. The highest BCUT2D eigenvalue weighted by Crippen LogP contribution is 2.31. The lowest BCUT2D eigenvalue weighted by Crippen LogP contribution is -2.47. The van der Waals surface area contributed by atoms with E-state index in [1.807, 2.05) is 0 Å². The number of hydrogen-bond acceptors (Lipinski definition) is 4. The number of para-hydroxylation sites is 1. The predicted molar refractivity (Wildman–Crippen MR) is 129 cm³/mol. The summed E-state index contributed by atoms with van der Waals surface area (Å²) in [6.45, 7) is 0. The van der Waals surface area contributed by atoms with E-state index in [2.05, 4.69) is 10.3 Å². The van der Waals surface area contributed by atoms with Crippen LogP contribution in [-0.2, 0) is 14.4 Å². The van der Waals surface area contributed by atoms with Gasteiger partial charge in [-0.1, -0.05) is 54.6 Å². The van der Waals surface area contributed by atoms with Gasteiger partial charge in [0.05, 0.1) is 23.7 Å². The lowest BCUT2D eigenvalue weighted by atomic mass is 9.92. The minimum Gasteiger partial charge on any atom is -0.481 e. The van der Waals surface area contributed by atoms with Crippen LogP contribution in [0.2, 0.25) is 0 Å². The number of benzodiazepines with no additional fused rings is 1. The number of anilines is 1. The van der Waals surface area contributed by atoms with Crippen LogP contribution in [0, 0.1) is 5.92 Å². The number of rotatable bonds is 8. The van der Waals surface area contributed by atoms with E-state index in [0.717, 1.165) is 4.90 Å². The summed E-state index contributed by atoms with van der Waals surface area (Å²) in [6, 6.07) is 15.1. The van der Waals surface area contributed by atoms with E-state index in [-0.39, 0.29) is 11.8 Å². The molecule has 0 radical (unpaired) electrons. The van der Waals surface area contributed by atoms with E-state index in [4.69, 9.17) is 0 Å². The molecular weight excluding hydrogens is 532 g/mol. The first kappa shape index (κ1) is 29.4. The molecular formula is C26H23F6N3O4. The normalized spacial score (nSPS) is 17.2. The summed E-state index contributed by atoms with van der Waals surface area (Å²) in [5.74, 6) is -6.41. The van der Waals surface area contributed by atoms with Gasteiger partial charge in [0.1, 0.15) is 0 Å². The maximum Gasteiger partial charge on any atom is 0.392 e. The number of likely N-dealkylation sites (N-methyl/N-ethyl adjacent to an activating group) is 1. The first-order chi connectivity index (χ1) is 18.2. The van der Waals surface area contributed by atoms with Crippen molar-refractivity contribution in [2.45, 2.75) is 37.8 Å². The Bertz CT molecular complexity index is 1290. The number of alkyl halides is 6. The molecule has 13 heteroatoms. The number of halogens is 6. The van der Waals surface area contributed by atoms with Gasteiger partial charge in [0.2, 0.25) is 12.1 Å². The van der Waals surface area contributed by atoms with Crippen LogP contribution in [0.3, 0.4) is 0 Å². The summed E-state index contributed by atoms with van der Waals surface area (Å²) < 4.78 is 77.3. The zero-order valence-electron chi connectivity index (χ0n) is 20.4. The van der Waals surface area contributed by atoms with Crippen LogP contribution in [0.1, 0.15) is 30.4 Å². The molecule has 0 unspecified atom stereocenters. The molecule has 208 valence electrons. The second kappa shape index (κ2) is 11.7. The number of aliphatic imine (C=N–C) groups is 1. The van der Waals surface area contributed by atoms with Crippen molar-refractivity contribution in [1.82, 2.24) is 5.32 Å². The predicted octanol–water partition coefficient (Wildman–Crippen LogP) is 4.86. The van der Waals surface area contributed by atoms with Gasteiger partial charge in [0.15, 0.2) is 0 Å². The van der Waals surface area contributed by atoms with Crippen molar-refractivity contribution in [2.24, 2.45) is 10.9 Å². The second-order valence-electron chi connectivity index (χ2n) is 8.66. The second-order valence-corrected chi connectivity index (χ2v) is 8.66. The number of allylic oxidation sites excluding steroid dienone is 1. The third-order valence-corrected chi connectivity index (χ3v) is 5.86. The summed E-state index contributed by atoms with van der Waals surface area (Å²) in [7, 11) is 1.38. The van der Waals surface area contributed by atoms with Gasteiger partial charge in [0, 0.05) is 30.2 Å². The summed E-state index contributed by atoms with van der Waals surface area (Å²) >= 11 is 0. The fourth-order valence-corrected chi connectivity index (χ4v) is 3.99. The van der Waals surface area contributed by atoms with Crippen LogP contribution in [0.5, 0.6) is 0 Å². The van der Waals surface area contributed by atoms with Crippen LogP contribution < -0.4 is 10.2 Å². The minimum atomic E-state index is -4.88. The van der Waals surface area contributed by atoms with Gasteiger partial charge >= 0.3 is 18.3 Å². The topological polar surface area (TPSA) is 99.1 Å². The smallest absolute Gasteiger partial charge is 0.392 e. The molecule has 2 N–H and O–H groups in total. The summed E-state index contributed by atoms with van der Waals surface area (Å²) in [4.78, 5) is 43.7. The lowest BCUT2D eigenvalue weighted by Gasteiger charge is -2.23. The van der Waals surface area contributed by atoms with Crippen molar-refractivity contribution in [1.29, 1.82) is 0 Å². The average molecular weight is 555 g/mol. The van der Waals surface area contributed by atoms with Gasteiger partial charge in [-0.15, -0.1) is 0 Å². The highest BCUT2D eigenvalue weighted by atomic mass is 19.4. The molecule has 0 bridgehead atoms. The Hall–Kier alpha value is -4.16. The van der Waals surface area contributed by atoms with Crippen LogP contribution in [0.15, 0.2) is 71.2 Å². The first-order valence-electron chi connectivity index (χ1n) is 11.6. The molecule has 2 aromatic rings. The summed E-state index contributed by atoms with van der Waals surface area (Å²) in [5.41, 5.74) is 0.634. The zero-order chi connectivity index (χ0) is 29.0. The van der Waals surface area contributed by atoms with Crippen molar-refractivity contribution in [2.75, 3.05) is 11.9 Å². The molecule has 2 aromatic carbocycles. The summed E-state index contributed by atoms with van der Waals surface area (Å²) in [6.07, 6.45) is -15.8. The molecule has 0 aromatic heterocycles. The van der Waals surface area contributed by atoms with Crippen LogP contribution in [0.4, 0.5) is 32.0 Å². The number of carbonyl (C=O) groups is 3. The maximum atomic E-state index is 13.3. The number of nitrogens with zero attached hydrogens (tertiary/aromatic N) is 2. The van der Waals surface area contributed by atoms with E-state index < -0.39 is 67.1 Å². The molecule has 1 aliphatic heterocycles. The van der Waals surface area contributed by atoms with E-state index >= 15 is 0 Å². The number of hydrogen-bond donors (Lipinski definition) is 2. The fraction of sp³-hybridized carbons (Fsp3) is 0.308. The third-order valence-electron chi connectivity index (χ3n) is 5.86. The van der Waals surface area contributed by atoms with Gasteiger partial charge < -0.3 is 15.3 Å². The third kappa shape index (κ3) is 7.68. The van der Waals surface area contributed by atoms with E-state index in [9.17, 15) is 45.8 Å². The Labute approximate surface area is 218 Å². The number of carboxylic acids is 1. The van der Waals surface area contributed by atoms with Crippen molar-refractivity contribution < 1.29 is 45.8 Å². The highest BCUT2D eigenvalue weighted by Gasteiger charge is 2.37. The van der Waals surface area contributed by atoms with E-state index in [1.165, 1.54) is 7.05 Å². The monoisotopic (exact) mass is 555 g/mol. The number of carboxylic acid groups (broad SMARTS) is 1. The number of amides is 2. The number of aliphatic carboxylic acids is 1. The molecule has 0 saturated heterocycles. The Morgan fingerprint density at radius 1 is 1.03 bits per heavy atom. The molecule has 0 fully saturated rings.